The highest BCUT2D eigenvalue weighted by Gasteiger charge is 2.39. The third kappa shape index (κ3) is 6.52. The summed E-state index contributed by atoms with van der Waals surface area (Å²) < 4.78 is 12.3. The third-order valence-corrected chi connectivity index (χ3v) is 7.23. The Kier molecular flexibility index (Phi) is 8.62. The number of anilines is 1. The number of hydrogen-bond acceptors (Lipinski definition) is 6. The van der Waals surface area contributed by atoms with E-state index >= 15 is 0 Å². The van der Waals surface area contributed by atoms with E-state index in [-0.39, 0.29) is 36.0 Å². The van der Waals surface area contributed by atoms with Gasteiger partial charge in [0.25, 0.3) is 5.91 Å². The molecule has 0 spiro atoms. The molecule has 9 heteroatoms. The van der Waals surface area contributed by atoms with Crippen LogP contribution < -0.4 is 15.4 Å². The van der Waals surface area contributed by atoms with E-state index in [1.807, 2.05) is 0 Å². The van der Waals surface area contributed by atoms with Crippen LogP contribution in [0, 0.1) is 0 Å². The van der Waals surface area contributed by atoms with Crippen LogP contribution in [-0.2, 0) is 14.3 Å². The van der Waals surface area contributed by atoms with Gasteiger partial charge in [-0.3, -0.25) is 14.4 Å². The summed E-state index contributed by atoms with van der Waals surface area (Å²) in [5, 5.41) is 5.83. The molecular weight excluding hydrogens is 448 g/mol. The van der Waals surface area contributed by atoms with Crippen molar-refractivity contribution in [1.82, 2.24) is 15.1 Å². The summed E-state index contributed by atoms with van der Waals surface area (Å²) in [7, 11) is 1.78. The van der Waals surface area contributed by atoms with Crippen molar-refractivity contribution in [3.63, 3.8) is 0 Å². The summed E-state index contributed by atoms with van der Waals surface area (Å²) in [4.78, 5) is 41.7. The second-order valence-corrected chi connectivity index (χ2v) is 9.74. The molecule has 1 aromatic rings. The van der Waals surface area contributed by atoms with Crippen molar-refractivity contribution in [2.45, 2.75) is 70.1 Å². The number of benzene rings is 1. The first-order chi connectivity index (χ1) is 16.9. The van der Waals surface area contributed by atoms with Gasteiger partial charge in [-0.2, -0.15) is 0 Å². The molecule has 0 bridgehead atoms. The van der Waals surface area contributed by atoms with E-state index in [9.17, 15) is 14.4 Å². The number of rotatable bonds is 7. The number of nitrogens with zero attached hydrogens (tertiary/aromatic N) is 2. The average Bonchev–Trinajstić information content (AvgIpc) is 2.87. The molecule has 0 saturated carbocycles. The third-order valence-electron chi connectivity index (χ3n) is 7.23. The van der Waals surface area contributed by atoms with Crippen LogP contribution in [0.4, 0.5) is 5.69 Å². The zero-order chi connectivity index (χ0) is 24.8. The van der Waals surface area contributed by atoms with Crippen LogP contribution in [0.15, 0.2) is 18.2 Å². The number of carbonyl (C=O) groups is 3. The molecule has 0 aromatic heterocycles. The molecule has 3 heterocycles. The number of ether oxygens (including phenoxy) is 2. The Morgan fingerprint density at radius 1 is 1.11 bits per heavy atom. The highest BCUT2D eigenvalue weighted by molar-refractivity contribution is 5.99. The van der Waals surface area contributed by atoms with Crippen molar-refractivity contribution in [2.24, 2.45) is 0 Å². The molecule has 2 saturated heterocycles. The highest BCUT2D eigenvalue weighted by Crippen LogP contribution is 2.32. The van der Waals surface area contributed by atoms with Crippen molar-refractivity contribution >= 4 is 23.4 Å². The van der Waals surface area contributed by atoms with Gasteiger partial charge in [-0.05, 0) is 57.0 Å². The number of amides is 3. The number of likely N-dealkylation sites (N-methyl/N-ethyl adjacent to an activating group) is 1. The molecule has 1 aromatic carbocycles. The van der Waals surface area contributed by atoms with Crippen LogP contribution in [0.1, 0.15) is 62.2 Å². The average molecular weight is 487 g/mol. The Hall–Kier alpha value is -2.65. The minimum absolute atomic E-state index is 0.00801. The number of carbonyl (C=O) groups excluding carboxylic acids is 3. The first-order valence-electron chi connectivity index (χ1n) is 12.9. The topological polar surface area (TPSA) is 100 Å². The van der Waals surface area contributed by atoms with Gasteiger partial charge in [0.15, 0.2) is 0 Å². The Morgan fingerprint density at radius 3 is 2.69 bits per heavy atom. The largest absolute Gasteiger partial charge is 0.490 e. The standard InChI is InChI=1S/C26H38N4O5/c1-3-24(31)28-18-7-10-22-20(15-18)26(33)29(2)21-9-8-19(35-23(21)17-34-22)16-25(32)27-11-14-30-12-5-4-6-13-30/h7,10,15,19,21,23H,3-6,8-9,11-14,16-17H2,1-2H3,(H,27,32)(H,28,31)/t19-,21+,23+/m1/s1. The molecule has 3 aliphatic rings. The lowest BCUT2D eigenvalue weighted by Gasteiger charge is -2.42. The van der Waals surface area contributed by atoms with E-state index in [0.29, 0.717) is 49.4 Å². The lowest BCUT2D eigenvalue weighted by atomic mass is 9.94. The molecular formula is C26H38N4O5. The van der Waals surface area contributed by atoms with Crippen molar-refractivity contribution in [3.8, 4) is 5.75 Å². The maximum atomic E-state index is 13.3. The quantitative estimate of drug-likeness (QED) is 0.614. The zero-order valence-corrected chi connectivity index (χ0v) is 20.9. The first kappa shape index (κ1) is 25.4. The summed E-state index contributed by atoms with van der Waals surface area (Å²) in [5.41, 5.74) is 0.999. The summed E-state index contributed by atoms with van der Waals surface area (Å²) in [6.07, 6.45) is 5.41. The van der Waals surface area contributed by atoms with E-state index < -0.39 is 0 Å². The molecule has 4 rings (SSSR count). The van der Waals surface area contributed by atoms with Crippen LogP contribution >= 0.6 is 0 Å². The lowest BCUT2D eigenvalue weighted by Crippen LogP contribution is -2.54. The number of likely N-dealkylation sites (tertiary alicyclic amines) is 1. The number of nitrogens with one attached hydrogen (secondary N) is 2. The van der Waals surface area contributed by atoms with Crippen LogP contribution in [0.3, 0.4) is 0 Å². The van der Waals surface area contributed by atoms with Crippen molar-refractivity contribution in [2.75, 3.05) is 45.2 Å². The van der Waals surface area contributed by atoms with Crippen LogP contribution in [0.5, 0.6) is 5.75 Å². The Labute approximate surface area is 207 Å². The maximum Gasteiger partial charge on any atom is 0.257 e. The van der Waals surface area contributed by atoms with E-state index in [2.05, 4.69) is 15.5 Å². The van der Waals surface area contributed by atoms with Crippen molar-refractivity contribution in [3.05, 3.63) is 23.8 Å². The van der Waals surface area contributed by atoms with Gasteiger partial charge in [0.1, 0.15) is 18.5 Å². The van der Waals surface area contributed by atoms with Gasteiger partial charge in [0.05, 0.1) is 24.1 Å². The Bertz CT molecular complexity index is 917. The van der Waals surface area contributed by atoms with Gasteiger partial charge in [-0.1, -0.05) is 13.3 Å². The molecule has 0 radical (unpaired) electrons. The summed E-state index contributed by atoms with van der Waals surface area (Å²) in [6.45, 7) is 5.87. The number of fused-ring (bicyclic) bond motifs is 2. The fourth-order valence-electron chi connectivity index (χ4n) is 5.17. The summed E-state index contributed by atoms with van der Waals surface area (Å²) in [6, 6.07) is 4.98. The van der Waals surface area contributed by atoms with Crippen LogP contribution in [0.25, 0.3) is 0 Å². The fourth-order valence-corrected chi connectivity index (χ4v) is 5.17. The smallest absolute Gasteiger partial charge is 0.257 e. The predicted octanol–water partition coefficient (Wildman–Crippen LogP) is 2.41. The predicted molar refractivity (Wildman–Crippen MR) is 133 cm³/mol. The summed E-state index contributed by atoms with van der Waals surface area (Å²) >= 11 is 0. The molecule has 192 valence electrons. The van der Waals surface area contributed by atoms with Gasteiger partial charge in [0.2, 0.25) is 11.8 Å². The highest BCUT2D eigenvalue weighted by atomic mass is 16.5. The van der Waals surface area contributed by atoms with Gasteiger partial charge in [0, 0.05) is 32.2 Å². The zero-order valence-electron chi connectivity index (χ0n) is 20.9. The molecule has 2 fully saturated rings. The molecule has 3 atom stereocenters. The maximum absolute atomic E-state index is 13.3. The van der Waals surface area contributed by atoms with Gasteiger partial charge < -0.3 is 29.9 Å². The summed E-state index contributed by atoms with van der Waals surface area (Å²) in [5.74, 6) is 0.198. The molecule has 35 heavy (non-hydrogen) atoms. The monoisotopic (exact) mass is 486 g/mol. The first-order valence-corrected chi connectivity index (χ1v) is 12.9. The van der Waals surface area contributed by atoms with Gasteiger partial charge >= 0.3 is 0 Å². The van der Waals surface area contributed by atoms with E-state index in [1.165, 1.54) is 19.3 Å². The Balaban J connectivity index is 1.32. The second-order valence-electron chi connectivity index (χ2n) is 9.74. The SMILES string of the molecule is CCC(=O)Nc1ccc2c(c1)C(=O)N(C)[C@H]1CC[C@H](CC(=O)NCCN3CCCCC3)O[C@H]1CO2. The number of hydrogen-bond donors (Lipinski definition) is 2. The van der Waals surface area contributed by atoms with Crippen LogP contribution in [0.2, 0.25) is 0 Å². The van der Waals surface area contributed by atoms with Crippen LogP contribution in [-0.4, -0.2) is 85.6 Å². The van der Waals surface area contributed by atoms with Gasteiger partial charge in [-0.25, -0.2) is 0 Å². The van der Waals surface area contributed by atoms with Crippen molar-refractivity contribution < 1.29 is 23.9 Å². The van der Waals surface area contributed by atoms with E-state index in [1.54, 1.807) is 37.1 Å². The van der Waals surface area contributed by atoms with E-state index in [4.69, 9.17) is 9.47 Å². The molecule has 9 nitrogen and oxygen atoms in total. The molecule has 3 amide bonds. The normalized spacial score (nSPS) is 24.9. The second kappa shape index (κ2) is 11.9. The van der Waals surface area contributed by atoms with E-state index in [0.717, 1.165) is 26.1 Å². The molecule has 3 aliphatic heterocycles. The minimum Gasteiger partial charge on any atom is -0.490 e. The molecule has 0 aliphatic carbocycles. The Morgan fingerprint density at radius 2 is 1.91 bits per heavy atom. The number of piperidine rings is 1. The minimum atomic E-state index is -0.309. The molecule has 0 unspecified atom stereocenters. The fraction of sp³-hybridized carbons (Fsp3) is 0.654. The van der Waals surface area contributed by atoms with Crippen molar-refractivity contribution in [1.29, 1.82) is 0 Å². The van der Waals surface area contributed by atoms with Gasteiger partial charge in [-0.15, -0.1) is 0 Å². The lowest BCUT2D eigenvalue weighted by molar-refractivity contribution is -0.134. The molecule has 2 N–H and O–H groups in total.